The van der Waals surface area contributed by atoms with Crippen molar-refractivity contribution in [2.75, 3.05) is 37.7 Å². The number of piperazine rings is 1. The molecule has 2 aliphatic heterocycles. The molecule has 0 bridgehead atoms. The summed E-state index contributed by atoms with van der Waals surface area (Å²) in [6, 6.07) is 9.73. The summed E-state index contributed by atoms with van der Waals surface area (Å²) in [7, 11) is -2.87. The third-order valence-electron chi connectivity index (χ3n) is 5.63. The summed E-state index contributed by atoms with van der Waals surface area (Å²) in [5.74, 6) is 1.03. The molecule has 8 heteroatoms. The number of rotatable bonds is 3. The van der Waals surface area contributed by atoms with Gasteiger partial charge in [0.1, 0.15) is 28.8 Å². The van der Waals surface area contributed by atoms with E-state index in [1.54, 1.807) is 6.92 Å². The lowest BCUT2D eigenvalue weighted by atomic mass is 10.0. The van der Waals surface area contributed by atoms with Crippen LogP contribution in [0.2, 0.25) is 0 Å². The first kappa shape index (κ1) is 18.2. The Bertz CT molecular complexity index is 931. The van der Waals surface area contributed by atoms with Crippen LogP contribution in [0.5, 0.6) is 0 Å². The van der Waals surface area contributed by atoms with Gasteiger partial charge in [0.05, 0.1) is 31.9 Å². The Kier molecular flexibility index (Phi) is 4.77. The smallest absolute Gasteiger partial charge is 0.260 e. The van der Waals surface area contributed by atoms with Crippen molar-refractivity contribution in [2.45, 2.75) is 19.4 Å². The minimum Gasteiger partial charge on any atom is -0.360 e. The van der Waals surface area contributed by atoms with E-state index < -0.39 is 9.84 Å². The second-order valence-electron chi connectivity index (χ2n) is 7.38. The average molecular weight is 390 g/mol. The number of hydrogen-bond donors (Lipinski definition) is 1. The molecular formula is C19H24N3O4S+. The summed E-state index contributed by atoms with van der Waals surface area (Å²) in [6.07, 6.45) is 0.731. The molecule has 3 heterocycles. The van der Waals surface area contributed by atoms with E-state index in [-0.39, 0.29) is 17.7 Å². The Morgan fingerprint density at radius 2 is 1.93 bits per heavy atom. The van der Waals surface area contributed by atoms with E-state index in [1.807, 2.05) is 35.2 Å². The van der Waals surface area contributed by atoms with Crippen molar-refractivity contribution in [3.05, 3.63) is 41.7 Å². The maximum atomic E-state index is 13.1. The Hall–Kier alpha value is -2.19. The lowest BCUT2D eigenvalue weighted by molar-refractivity contribution is -0.925. The van der Waals surface area contributed by atoms with Crippen molar-refractivity contribution >= 4 is 15.7 Å². The molecule has 27 heavy (non-hydrogen) atoms. The number of carbonyl (C=O) groups is 1. The largest absolute Gasteiger partial charge is 0.360 e. The topological polar surface area (TPSA) is 84.9 Å². The fourth-order valence-electron chi connectivity index (χ4n) is 4.10. The standard InChI is InChI=1S/C19H23N3O4S/c1-14-17(18(20-26-14)15-5-3-2-4-6-15)19(23)22-10-8-21(9-11-22)16-7-12-27(24,25)13-16/h2-6,16H,7-13H2,1H3/p+1/t16-/m0/s1. The van der Waals surface area contributed by atoms with Gasteiger partial charge in [-0.15, -0.1) is 0 Å². The molecular weight excluding hydrogens is 366 g/mol. The van der Waals surface area contributed by atoms with Gasteiger partial charge in [-0.1, -0.05) is 35.5 Å². The number of quaternary nitrogens is 1. The molecule has 1 N–H and O–H groups in total. The molecule has 0 saturated carbocycles. The molecule has 1 aromatic carbocycles. The van der Waals surface area contributed by atoms with Crippen LogP contribution in [0.3, 0.4) is 0 Å². The van der Waals surface area contributed by atoms with Crippen LogP contribution in [-0.2, 0) is 9.84 Å². The van der Waals surface area contributed by atoms with Gasteiger partial charge < -0.3 is 14.3 Å². The van der Waals surface area contributed by atoms with Crippen LogP contribution in [0.15, 0.2) is 34.9 Å². The monoisotopic (exact) mass is 390 g/mol. The lowest BCUT2D eigenvalue weighted by Crippen LogP contribution is -3.18. The minimum atomic E-state index is -2.87. The van der Waals surface area contributed by atoms with Crippen molar-refractivity contribution in [3.63, 3.8) is 0 Å². The SMILES string of the molecule is Cc1onc(-c2ccccc2)c1C(=O)N1CC[NH+]([C@H]2CCS(=O)(=O)C2)CC1. The number of nitrogens with zero attached hydrogens (tertiary/aromatic N) is 2. The molecule has 0 spiro atoms. The quantitative estimate of drug-likeness (QED) is 0.808. The number of amides is 1. The van der Waals surface area contributed by atoms with Gasteiger partial charge in [-0.25, -0.2) is 8.42 Å². The molecule has 144 valence electrons. The molecule has 2 fully saturated rings. The average Bonchev–Trinajstić information content (AvgIpc) is 3.24. The molecule has 0 unspecified atom stereocenters. The van der Waals surface area contributed by atoms with Crippen LogP contribution in [-0.4, -0.2) is 68.1 Å². The molecule has 2 aliphatic rings. The highest BCUT2D eigenvalue weighted by Gasteiger charge is 2.38. The molecule has 2 aromatic rings. The predicted octanol–water partition coefficient (Wildman–Crippen LogP) is 0.178. The molecule has 0 radical (unpaired) electrons. The van der Waals surface area contributed by atoms with Gasteiger partial charge in [-0.3, -0.25) is 4.79 Å². The van der Waals surface area contributed by atoms with Gasteiger partial charge >= 0.3 is 0 Å². The Morgan fingerprint density at radius 1 is 1.22 bits per heavy atom. The Morgan fingerprint density at radius 3 is 2.56 bits per heavy atom. The van der Waals surface area contributed by atoms with Crippen LogP contribution in [0.4, 0.5) is 0 Å². The molecule has 7 nitrogen and oxygen atoms in total. The van der Waals surface area contributed by atoms with E-state index >= 15 is 0 Å². The number of carbonyl (C=O) groups excluding carboxylic acids is 1. The zero-order valence-corrected chi connectivity index (χ0v) is 16.2. The third-order valence-corrected chi connectivity index (χ3v) is 7.39. The van der Waals surface area contributed by atoms with Crippen LogP contribution in [0.25, 0.3) is 11.3 Å². The van der Waals surface area contributed by atoms with Crippen molar-refractivity contribution in [1.82, 2.24) is 10.1 Å². The maximum Gasteiger partial charge on any atom is 0.260 e. The zero-order chi connectivity index (χ0) is 19.0. The first-order valence-electron chi connectivity index (χ1n) is 9.30. The lowest BCUT2D eigenvalue weighted by Gasteiger charge is -2.35. The van der Waals surface area contributed by atoms with E-state index in [1.165, 1.54) is 4.90 Å². The molecule has 1 amide bonds. The van der Waals surface area contributed by atoms with Crippen molar-refractivity contribution in [2.24, 2.45) is 0 Å². The van der Waals surface area contributed by atoms with Gasteiger partial charge in [0.25, 0.3) is 5.91 Å². The van der Waals surface area contributed by atoms with Gasteiger partial charge in [0.15, 0.2) is 9.84 Å². The normalized spacial score (nSPS) is 22.9. The molecule has 4 rings (SSSR count). The van der Waals surface area contributed by atoms with E-state index in [9.17, 15) is 13.2 Å². The van der Waals surface area contributed by atoms with Gasteiger partial charge in [-0.2, -0.15) is 0 Å². The Labute approximate surface area is 158 Å². The minimum absolute atomic E-state index is 0.0642. The first-order valence-corrected chi connectivity index (χ1v) is 11.1. The number of nitrogens with one attached hydrogen (secondary N) is 1. The summed E-state index contributed by atoms with van der Waals surface area (Å²) in [4.78, 5) is 16.3. The predicted molar refractivity (Wildman–Crippen MR) is 100 cm³/mol. The second kappa shape index (κ2) is 7.09. The van der Waals surface area contributed by atoms with Gasteiger partial charge in [0.2, 0.25) is 0 Å². The van der Waals surface area contributed by atoms with Crippen LogP contribution >= 0.6 is 0 Å². The molecule has 1 aromatic heterocycles. The number of aromatic nitrogens is 1. The maximum absolute atomic E-state index is 13.1. The van der Waals surface area contributed by atoms with Crippen LogP contribution < -0.4 is 4.90 Å². The fourth-order valence-corrected chi connectivity index (χ4v) is 5.92. The summed E-state index contributed by atoms with van der Waals surface area (Å²) >= 11 is 0. The fraction of sp³-hybridized carbons (Fsp3) is 0.474. The number of hydrogen-bond acceptors (Lipinski definition) is 5. The van der Waals surface area contributed by atoms with Crippen molar-refractivity contribution in [3.8, 4) is 11.3 Å². The van der Waals surface area contributed by atoms with E-state index in [0.717, 1.165) is 25.1 Å². The molecule has 1 atom stereocenters. The Balaban J connectivity index is 1.47. The summed E-state index contributed by atoms with van der Waals surface area (Å²) < 4.78 is 28.8. The highest BCUT2D eigenvalue weighted by atomic mass is 32.2. The van der Waals surface area contributed by atoms with Crippen molar-refractivity contribution in [1.29, 1.82) is 0 Å². The van der Waals surface area contributed by atoms with Gasteiger partial charge in [0, 0.05) is 12.0 Å². The highest BCUT2D eigenvalue weighted by molar-refractivity contribution is 7.91. The first-order chi connectivity index (χ1) is 12.9. The van der Waals surface area contributed by atoms with E-state index in [4.69, 9.17) is 4.52 Å². The summed E-state index contributed by atoms with van der Waals surface area (Å²) in [5.41, 5.74) is 1.96. The number of aryl methyl sites for hydroxylation is 1. The van der Waals surface area contributed by atoms with E-state index in [0.29, 0.717) is 35.9 Å². The van der Waals surface area contributed by atoms with Gasteiger partial charge in [-0.05, 0) is 6.92 Å². The van der Waals surface area contributed by atoms with Crippen LogP contribution in [0.1, 0.15) is 22.5 Å². The summed E-state index contributed by atoms with van der Waals surface area (Å²) in [6.45, 7) is 4.54. The number of benzene rings is 1. The van der Waals surface area contributed by atoms with Crippen LogP contribution in [0, 0.1) is 6.92 Å². The number of sulfone groups is 1. The third kappa shape index (κ3) is 3.64. The molecule has 2 saturated heterocycles. The highest BCUT2D eigenvalue weighted by Crippen LogP contribution is 2.26. The van der Waals surface area contributed by atoms with Crippen molar-refractivity contribution < 1.29 is 22.6 Å². The zero-order valence-electron chi connectivity index (χ0n) is 15.3. The second-order valence-corrected chi connectivity index (χ2v) is 9.61. The molecule has 0 aliphatic carbocycles. The van der Waals surface area contributed by atoms with E-state index in [2.05, 4.69) is 5.16 Å². The summed E-state index contributed by atoms with van der Waals surface area (Å²) in [5, 5.41) is 4.10.